The molecule has 0 bridgehead atoms. The number of aryl methyl sites for hydroxylation is 1. The lowest BCUT2D eigenvalue weighted by atomic mass is 10.0. The zero-order valence-electron chi connectivity index (χ0n) is 19.6. The Morgan fingerprint density at radius 3 is 2.61 bits per heavy atom. The molecular formula is C25H31N5O3. The Labute approximate surface area is 193 Å². The van der Waals surface area contributed by atoms with E-state index < -0.39 is 0 Å². The highest BCUT2D eigenvalue weighted by Crippen LogP contribution is 2.29. The fourth-order valence-electron chi connectivity index (χ4n) is 4.51. The molecule has 4 rings (SSSR count). The first-order chi connectivity index (χ1) is 15.9. The molecule has 2 aromatic carbocycles. The second-order valence-corrected chi connectivity index (χ2v) is 8.62. The zero-order valence-corrected chi connectivity index (χ0v) is 19.6. The normalized spacial score (nSPS) is 14.8. The largest absolute Gasteiger partial charge is 0.378 e. The molecule has 2 N–H and O–H groups in total. The Kier molecular flexibility index (Phi) is 6.65. The molecule has 1 saturated heterocycles. The van der Waals surface area contributed by atoms with Crippen molar-refractivity contribution in [2.24, 2.45) is 7.05 Å². The summed E-state index contributed by atoms with van der Waals surface area (Å²) in [5.41, 5.74) is 6.08. The number of para-hydroxylation sites is 1. The molecule has 8 heteroatoms. The predicted octanol–water partition coefficient (Wildman–Crippen LogP) is 3.70. The van der Waals surface area contributed by atoms with E-state index in [1.807, 2.05) is 32.0 Å². The van der Waals surface area contributed by atoms with E-state index in [1.54, 1.807) is 23.7 Å². The molecule has 0 unspecified atom stereocenters. The molecule has 1 aliphatic heterocycles. The minimum Gasteiger partial charge on any atom is -0.378 e. The molecule has 1 atom stereocenters. The molecular weight excluding hydrogens is 418 g/mol. The van der Waals surface area contributed by atoms with Crippen LogP contribution in [0.3, 0.4) is 0 Å². The van der Waals surface area contributed by atoms with Crippen molar-refractivity contribution < 1.29 is 9.63 Å². The quantitative estimate of drug-likeness (QED) is 0.558. The van der Waals surface area contributed by atoms with Gasteiger partial charge in [0.25, 0.3) is 11.5 Å². The van der Waals surface area contributed by atoms with E-state index >= 15 is 0 Å². The Bertz CT molecular complexity index is 1230. The minimum absolute atomic E-state index is 0.0439. The van der Waals surface area contributed by atoms with Crippen LogP contribution in [0.1, 0.15) is 53.7 Å². The molecule has 33 heavy (non-hydrogen) atoms. The summed E-state index contributed by atoms with van der Waals surface area (Å²) in [5, 5.41) is 4.04. The highest BCUT2D eigenvalue weighted by atomic mass is 16.6. The van der Waals surface area contributed by atoms with Gasteiger partial charge in [0.2, 0.25) is 5.95 Å². The van der Waals surface area contributed by atoms with Crippen LogP contribution in [0.2, 0.25) is 0 Å². The standard InChI is InChI=1S/C25H31N5O3/c1-16-14-19(17(2)26-21-11-7-6-10-18(21)23(31)28-33-4)22-20(15-16)24(32)29(3)25(27-22)30-12-8-5-9-13-30/h6-7,10-11,14-15,17,26H,5,8-9,12-13H2,1-4H3,(H,28,31)/t17-/m1/s1. The predicted molar refractivity (Wildman–Crippen MR) is 131 cm³/mol. The first-order valence-corrected chi connectivity index (χ1v) is 11.4. The first kappa shape index (κ1) is 22.8. The highest BCUT2D eigenvalue weighted by molar-refractivity contribution is 5.99. The van der Waals surface area contributed by atoms with Gasteiger partial charge >= 0.3 is 0 Å². The number of aromatic nitrogens is 2. The number of hydroxylamine groups is 1. The number of hydrogen-bond acceptors (Lipinski definition) is 6. The second kappa shape index (κ2) is 9.62. The monoisotopic (exact) mass is 449 g/mol. The topological polar surface area (TPSA) is 88.5 Å². The Morgan fingerprint density at radius 2 is 1.88 bits per heavy atom. The molecule has 0 spiro atoms. The molecule has 3 aromatic rings. The molecule has 1 amide bonds. The summed E-state index contributed by atoms with van der Waals surface area (Å²) < 4.78 is 1.67. The van der Waals surface area contributed by atoms with Crippen molar-refractivity contribution in [1.29, 1.82) is 0 Å². The summed E-state index contributed by atoms with van der Waals surface area (Å²) in [6.45, 7) is 5.80. The van der Waals surface area contributed by atoms with E-state index in [1.165, 1.54) is 13.5 Å². The van der Waals surface area contributed by atoms with Crippen LogP contribution in [0.5, 0.6) is 0 Å². The van der Waals surface area contributed by atoms with Crippen molar-refractivity contribution >= 4 is 28.4 Å². The fraction of sp³-hybridized carbons (Fsp3) is 0.400. The van der Waals surface area contributed by atoms with Crippen molar-refractivity contribution in [2.75, 3.05) is 30.4 Å². The number of fused-ring (bicyclic) bond motifs is 1. The Hall–Kier alpha value is -3.39. The maximum atomic E-state index is 13.3. The van der Waals surface area contributed by atoms with Gasteiger partial charge in [-0.25, -0.2) is 10.5 Å². The Balaban J connectivity index is 1.78. The van der Waals surface area contributed by atoms with Gasteiger partial charge in [0.1, 0.15) is 0 Å². The van der Waals surface area contributed by atoms with Gasteiger partial charge in [-0.1, -0.05) is 18.2 Å². The van der Waals surface area contributed by atoms with E-state index in [9.17, 15) is 9.59 Å². The van der Waals surface area contributed by atoms with Crippen molar-refractivity contribution in [2.45, 2.75) is 39.2 Å². The number of anilines is 2. The van der Waals surface area contributed by atoms with Crippen LogP contribution in [-0.2, 0) is 11.9 Å². The third-order valence-electron chi connectivity index (χ3n) is 6.17. The van der Waals surface area contributed by atoms with Crippen molar-refractivity contribution in [3.8, 4) is 0 Å². The SMILES string of the molecule is CONC(=O)c1ccccc1N[C@H](C)c1cc(C)cc2c(=O)n(C)c(N3CCCCC3)nc12. The lowest BCUT2D eigenvalue weighted by Gasteiger charge is -2.29. The highest BCUT2D eigenvalue weighted by Gasteiger charge is 2.21. The van der Waals surface area contributed by atoms with Gasteiger partial charge in [-0.15, -0.1) is 0 Å². The average molecular weight is 450 g/mol. The summed E-state index contributed by atoms with van der Waals surface area (Å²) in [5.74, 6) is 0.380. The van der Waals surface area contributed by atoms with Gasteiger partial charge in [0, 0.05) is 31.4 Å². The summed E-state index contributed by atoms with van der Waals surface area (Å²) in [7, 11) is 3.20. The van der Waals surface area contributed by atoms with E-state index in [4.69, 9.17) is 9.82 Å². The van der Waals surface area contributed by atoms with Gasteiger partial charge in [0.05, 0.1) is 29.6 Å². The number of carbonyl (C=O) groups is 1. The first-order valence-electron chi connectivity index (χ1n) is 11.4. The summed E-state index contributed by atoms with van der Waals surface area (Å²) in [4.78, 5) is 37.7. The number of benzene rings is 2. The summed E-state index contributed by atoms with van der Waals surface area (Å²) >= 11 is 0. The van der Waals surface area contributed by atoms with Gasteiger partial charge in [0.15, 0.2) is 0 Å². The van der Waals surface area contributed by atoms with Crippen LogP contribution < -0.4 is 21.3 Å². The van der Waals surface area contributed by atoms with E-state index in [2.05, 4.69) is 21.8 Å². The summed E-state index contributed by atoms with van der Waals surface area (Å²) in [6.07, 6.45) is 3.42. The van der Waals surface area contributed by atoms with Crippen LogP contribution in [0, 0.1) is 6.92 Å². The minimum atomic E-state index is -0.332. The van der Waals surface area contributed by atoms with Gasteiger partial charge in [-0.2, -0.15) is 0 Å². The van der Waals surface area contributed by atoms with Gasteiger partial charge < -0.3 is 10.2 Å². The Morgan fingerprint density at radius 1 is 1.15 bits per heavy atom. The van der Waals surface area contributed by atoms with E-state index in [0.29, 0.717) is 28.1 Å². The fourth-order valence-corrected chi connectivity index (χ4v) is 4.51. The molecule has 0 saturated carbocycles. The number of rotatable bonds is 6. The maximum Gasteiger partial charge on any atom is 0.276 e. The van der Waals surface area contributed by atoms with E-state index in [-0.39, 0.29) is 17.5 Å². The number of piperidine rings is 1. The van der Waals surface area contributed by atoms with Crippen LogP contribution >= 0.6 is 0 Å². The molecule has 1 fully saturated rings. The number of carbonyl (C=O) groups excluding carboxylic acids is 1. The summed E-state index contributed by atoms with van der Waals surface area (Å²) in [6, 6.07) is 11.0. The lowest BCUT2D eigenvalue weighted by molar-refractivity contribution is 0.0538. The molecule has 0 radical (unpaired) electrons. The maximum absolute atomic E-state index is 13.3. The average Bonchev–Trinajstić information content (AvgIpc) is 2.82. The number of nitrogens with one attached hydrogen (secondary N) is 2. The molecule has 1 aliphatic rings. The van der Waals surface area contributed by atoms with Crippen LogP contribution in [0.25, 0.3) is 10.9 Å². The van der Waals surface area contributed by atoms with Gasteiger partial charge in [-0.3, -0.25) is 19.0 Å². The van der Waals surface area contributed by atoms with Crippen molar-refractivity contribution in [1.82, 2.24) is 15.0 Å². The molecule has 174 valence electrons. The van der Waals surface area contributed by atoms with E-state index in [0.717, 1.165) is 37.1 Å². The molecule has 8 nitrogen and oxygen atoms in total. The third kappa shape index (κ3) is 4.57. The smallest absolute Gasteiger partial charge is 0.276 e. The molecule has 2 heterocycles. The van der Waals surface area contributed by atoms with Crippen molar-refractivity contribution in [3.05, 3.63) is 63.4 Å². The number of hydrogen-bond donors (Lipinski definition) is 2. The lowest BCUT2D eigenvalue weighted by Crippen LogP contribution is -2.35. The molecule has 1 aromatic heterocycles. The zero-order chi connectivity index (χ0) is 23.5. The van der Waals surface area contributed by atoms with Gasteiger partial charge in [-0.05, 0) is 56.9 Å². The van der Waals surface area contributed by atoms with Crippen LogP contribution in [-0.4, -0.2) is 35.7 Å². The third-order valence-corrected chi connectivity index (χ3v) is 6.17. The number of amides is 1. The number of nitrogens with zero attached hydrogens (tertiary/aromatic N) is 3. The van der Waals surface area contributed by atoms with Crippen LogP contribution in [0.15, 0.2) is 41.2 Å². The van der Waals surface area contributed by atoms with Crippen molar-refractivity contribution in [3.63, 3.8) is 0 Å². The van der Waals surface area contributed by atoms with Crippen LogP contribution in [0.4, 0.5) is 11.6 Å². The second-order valence-electron chi connectivity index (χ2n) is 8.62. The molecule has 0 aliphatic carbocycles.